The molecule has 1 aromatic rings. The summed E-state index contributed by atoms with van der Waals surface area (Å²) in [7, 11) is 0. The standard InChI is InChI=1S/C15H21N3O4/c19-15(13-3-5-16-22-13)17-11-8-18(10-4-7-20-9-10)12-2-1-6-21-14(11)12/h3,5,10-12,14H,1-2,4,6-9H2,(H,17,19)/t10?,11-,12-,14-/m1/s1. The molecule has 3 fully saturated rings. The smallest absolute Gasteiger partial charge is 0.290 e. The molecule has 22 heavy (non-hydrogen) atoms. The molecule has 3 aliphatic rings. The van der Waals surface area contributed by atoms with E-state index in [4.69, 9.17) is 14.0 Å². The van der Waals surface area contributed by atoms with Crippen LogP contribution in [0.1, 0.15) is 29.8 Å². The molecule has 1 aromatic heterocycles. The molecule has 0 radical (unpaired) electrons. The lowest BCUT2D eigenvalue weighted by Gasteiger charge is -2.34. The molecule has 4 heterocycles. The van der Waals surface area contributed by atoms with E-state index in [-0.39, 0.29) is 23.8 Å². The van der Waals surface area contributed by atoms with Crippen LogP contribution in [0, 0.1) is 0 Å². The van der Waals surface area contributed by atoms with Crippen LogP contribution in [0.15, 0.2) is 16.8 Å². The summed E-state index contributed by atoms with van der Waals surface area (Å²) in [6.07, 6.45) is 4.79. The number of carbonyl (C=O) groups is 1. The Bertz CT molecular complexity index is 515. The normalized spacial score (nSPS) is 35.5. The molecular weight excluding hydrogens is 286 g/mol. The van der Waals surface area contributed by atoms with Crippen molar-refractivity contribution in [2.45, 2.75) is 43.5 Å². The Morgan fingerprint density at radius 1 is 1.36 bits per heavy atom. The highest BCUT2D eigenvalue weighted by atomic mass is 16.5. The summed E-state index contributed by atoms with van der Waals surface area (Å²) >= 11 is 0. The molecule has 7 nitrogen and oxygen atoms in total. The van der Waals surface area contributed by atoms with Crippen LogP contribution in [-0.4, -0.2) is 66.6 Å². The number of amides is 1. The zero-order chi connectivity index (χ0) is 14.9. The van der Waals surface area contributed by atoms with E-state index in [9.17, 15) is 4.79 Å². The second kappa shape index (κ2) is 5.98. The predicted octanol–water partition coefficient (Wildman–Crippen LogP) is 0.425. The highest BCUT2D eigenvalue weighted by Gasteiger charge is 2.47. The molecule has 4 atom stereocenters. The second-order valence-electron chi connectivity index (χ2n) is 6.22. The van der Waals surface area contributed by atoms with Gasteiger partial charge in [-0.3, -0.25) is 9.69 Å². The molecule has 4 rings (SSSR count). The summed E-state index contributed by atoms with van der Waals surface area (Å²) in [4.78, 5) is 14.7. The van der Waals surface area contributed by atoms with E-state index in [1.54, 1.807) is 6.07 Å². The van der Waals surface area contributed by atoms with Crippen molar-refractivity contribution in [2.75, 3.05) is 26.4 Å². The highest BCUT2D eigenvalue weighted by molar-refractivity contribution is 5.91. The molecule has 7 heteroatoms. The Morgan fingerprint density at radius 3 is 3.09 bits per heavy atom. The van der Waals surface area contributed by atoms with Crippen LogP contribution in [0.3, 0.4) is 0 Å². The Kier molecular flexibility index (Phi) is 3.85. The Hall–Kier alpha value is -1.44. The molecule has 0 aliphatic carbocycles. The van der Waals surface area contributed by atoms with Gasteiger partial charge in [-0.1, -0.05) is 5.16 Å². The lowest BCUT2D eigenvalue weighted by molar-refractivity contribution is -0.0271. The number of nitrogens with zero attached hydrogens (tertiary/aromatic N) is 2. The van der Waals surface area contributed by atoms with E-state index >= 15 is 0 Å². The number of rotatable bonds is 3. The van der Waals surface area contributed by atoms with Gasteiger partial charge in [0.05, 0.1) is 24.9 Å². The first-order valence-corrected chi connectivity index (χ1v) is 7.99. The van der Waals surface area contributed by atoms with Crippen LogP contribution in [-0.2, 0) is 9.47 Å². The van der Waals surface area contributed by atoms with E-state index in [1.165, 1.54) is 6.20 Å². The van der Waals surface area contributed by atoms with Gasteiger partial charge in [0.2, 0.25) is 5.76 Å². The minimum absolute atomic E-state index is 0.0106. The van der Waals surface area contributed by atoms with Gasteiger partial charge in [-0.25, -0.2) is 0 Å². The monoisotopic (exact) mass is 307 g/mol. The molecule has 1 unspecified atom stereocenters. The van der Waals surface area contributed by atoms with Crippen molar-refractivity contribution in [3.63, 3.8) is 0 Å². The summed E-state index contributed by atoms with van der Waals surface area (Å²) < 4.78 is 16.4. The lowest BCUT2D eigenvalue weighted by atomic mass is 10.00. The number of likely N-dealkylation sites (tertiary alicyclic amines) is 1. The summed E-state index contributed by atoms with van der Waals surface area (Å²) in [5.41, 5.74) is 0. The molecule has 1 N–H and O–H groups in total. The Labute approximate surface area is 128 Å². The van der Waals surface area contributed by atoms with Gasteiger partial charge in [0.1, 0.15) is 0 Å². The molecule has 1 amide bonds. The van der Waals surface area contributed by atoms with Crippen LogP contribution < -0.4 is 5.32 Å². The average molecular weight is 307 g/mol. The van der Waals surface area contributed by atoms with Crippen molar-refractivity contribution in [1.29, 1.82) is 0 Å². The zero-order valence-corrected chi connectivity index (χ0v) is 12.4. The third-order valence-corrected chi connectivity index (χ3v) is 4.92. The quantitative estimate of drug-likeness (QED) is 0.872. The molecular formula is C15H21N3O4. The predicted molar refractivity (Wildman–Crippen MR) is 76.4 cm³/mol. The third kappa shape index (κ3) is 2.53. The van der Waals surface area contributed by atoms with E-state index in [2.05, 4.69) is 15.4 Å². The lowest BCUT2D eigenvalue weighted by Crippen LogP contribution is -2.48. The summed E-state index contributed by atoms with van der Waals surface area (Å²) in [6.45, 7) is 3.19. The Balaban J connectivity index is 1.48. The fourth-order valence-corrected chi connectivity index (χ4v) is 3.90. The van der Waals surface area contributed by atoms with Crippen LogP contribution in [0.5, 0.6) is 0 Å². The first-order chi connectivity index (χ1) is 10.8. The van der Waals surface area contributed by atoms with E-state index in [1.807, 2.05) is 0 Å². The van der Waals surface area contributed by atoms with Gasteiger partial charge in [0, 0.05) is 37.9 Å². The summed E-state index contributed by atoms with van der Waals surface area (Å²) in [6, 6.07) is 2.39. The molecule has 3 saturated heterocycles. The first kappa shape index (κ1) is 14.2. The first-order valence-electron chi connectivity index (χ1n) is 7.99. The van der Waals surface area contributed by atoms with Gasteiger partial charge in [-0.15, -0.1) is 0 Å². The largest absolute Gasteiger partial charge is 0.380 e. The number of aromatic nitrogens is 1. The molecule has 120 valence electrons. The van der Waals surface area contributed by atoms with Crippen LogP contribution >= 0.6 is 0 Å². The number of nitrogens with one attached hydrogen (secondary N) is 1. The highest BCUT2D eigenvalue weighted by Crippen LogP contribution is 2.32. The van der Waals surface area contributed by atoms with Crippen molar-refractivity contribution in [1.82, 2.24) is 15.4 Å². The van der Waals surface area contributed by atoms with Gasteiger partial charge in [-0.2, -0.15) is 0 Å². The topological polar surface area (TPSA) is 76.8 Å². The maximum absolute atomic E-state index is 12.2. The molecule has 3 aliphatic heterocycles. The fraction of sp³-hybridized carbons (Fsp3) is 0.733. The van der Waals surface area contributed by atoms with Gasteiger partial charge in [-0.05, 0) is 19.3 Å². The SMILES string of the molecule is O=C(N[C@@H]1CN(C2CCOC2)[C@@H]2CCCO[C@@H]21)c1ccno1. The maximum Gasteiger partial charge on any atom is 0.290 e. The molecule has 0 bridgehead atoms. The van der Waals surface area contributed by atoms with Gasteiger partial charge in [0.15, 0.2) is 0 Å². The second-order valence-corrected chi connectivity index (χ2v) is 6.22. The van der Waals surface area contributed by atoms with Crippen molar-refractivity contribution in [3.8, 4) is 0 Å². The van der Waals surface area contributed by atoms with Gasteiger partial charge >= 0.3 is 0 Å². The van der Waals surface area contributed by atoms with Crippen molar-refractivity contribution >= 4 is 5.91 Å². The number of hydrogen-bond donors (Lipinski definition) is 1. The number of hydrogen-bond acceptors (Lipinski definition) is 6. The van der Waals surface area contributed by atoms with E-state index < -0.39 is 0 Å². The number of ether oxygens (including phenoxy) is 2. The minimum Gasteiger partial charge on any atom is -0.380 e. The van der Waals surface area contributed by atoms with Gasteiger partial charge in [0.25, 0.3) is 5.91 Å². The zero-order valence-electron chi connectivity index (χ0n) is 12.4. The average Bonchev–Trinajstić information content (AvgIpc) is 3.28. The summed E-state index contributed by atoms with van der Waals surface area (Å²) in [5.74, 6) is 0.0231. The van der Waals surface area contributed by atoms with E-state index in [0.29, 0.717) is 12.1 Å². The van der Waals surface area contributed by atoms with Crippen molar-refractivity contribution in [2.24, 2.45) is 0 Å². The number of fused-ring (bicyclic) bond motifs is 1. The Morgan fingerprint density at radius 2 is 2.32 bits per heavy atom. The van der Waals surface area contributed by atoms with Crippen LogP contribution in [0.4, 0.5) is 0 Å². The molecule has 0 saturated carbocycles. The molecule has 0 spiro atoms. The van der Waals surface area contributed by atoms with Crippen LogP contribution in [0.2, 0.25) is 0 Å². The van der Waals surface area contributed by atoms with Crippen LogP contribution in [0.25, 0.3) is 0 Å². The molecule has 0 aromatic carbocycles. The fourth-order valence-electron chi connectivity index (χ4n) is 3.90. The van der Waals surface area contributed by atoms with Gasteiger partial charge < -0.3 is 19.3 Å². The summed E-state index contributed by atoms with van der Waals surface area (Å²) in [5, 5.41) is 6.64. The minimum atomic E-state index is -0.222. The van der Waals surface area contributed by atoms with Crippen molar-refractivity contribution in [3.05, 3.63) is 18.0 Å². The number of carbonyl (C=O) groups excluding carboxylic acids is 1. The van der Waals surface area contributed by atoms with Crippen molar-refractivity contribution < 1.29 is 18.8 Å². The maximum atomic E-state index is 12.2. The third-order valence-electron chi connectivity index (χ3n) is 4.92. The van der Waals surface area contributed by atoms with E-state index in [0.717, 1.165) is 45.6 Å².